The number of carbonyl (C=O) groups is 1. The van der Waals surface area contributed by atoms with Gasteiger partial charge in [0.05, 0.1) is 26.6 Å². The summed E-state index contributed by atoms with van der Waals surface area (Å²) in [6.45, 7) is 0. The second-order valence-electron chi connectivity index (χ2n) is 5.63. The number of para-hydroxylation sites is 1. The number of fused-ring (bicyclic) bond motifs is 1. The van der Waals surface area contributed by atoms with Crippen molar-refractivity contribution >= 4 is 84.5 Å². The van der Waals surface area contributed by atoms with E-state index in [0.717, 1.165) is 16.2 Å². The van der Waals surface area contributed by atoms with E-state index in [4.69, 9.17) is 28.2 Å². The quantitative estimate of drug-likeness (QED) is 0.354. The molecule has 2 aromatic carbocycles. The molecule has 4 rings (SSSR count). The first-order valence-corrected chi connectivity index (χ1v) is 10.1. The molecule has 1 saturated heterocycles. The number of hydrogen-bond donors (Lipinski definition) is 0. The summed E-state index contributed by atoms with van der Waals surface area (Å²) in [5, 5.41) is 0.933. The smallest absolute Gasteiger partial charge is 0.270 e. The summed E-state index contributed by atoms with van der Waals surface area (Å²) in [6, 6.07) is 12.1. The third-order valence-corrected chi connectivity index (χ3v) is 6.48. The number of halogens is 2. The lowest BCUT2D eigenvalue weighted by Crippen LogP contribution is -2.27. The van der Waals surface area contributed by atoms with Crippen LogP contribution in [0.3, 0.4) is 0 Å². The average molecular weight is 479 g/mol. The van der Waals surface area contributed by atoms with E-state index in [0.29, 0.717) is 36.5 Å². The molecule has 0 radical (unpaired) electrons. The first-order valence-electron chi connectivity index (χ1n) is 7.69. The van der Waals surface area contributed by atoms with E-state index in [1.165, 1.54) is 17.2 Å². The molecule has 0 spiro atoms. The molecule has 1 amide bonds. The van der Waals surface area contributed by atoms with E-state index >= 15 is 0 Å². The molecule has 0 aliphatic carbocycles. The Labute approximate surface area is 176 Å². The fraction of sp³-hybridized carbons (Fsp3) is 0. The average Bonchev–Trinajstić information content (AvgIpc) is 2.93. The predicted octanol–water partition coefficient (Wildman–Crippen LogP) is 5.61. The van der Waals surface area contributed by atoms with Crippen LogP contribution in [0, 0.1) is 0 Å². The zero-order chi connectivity index (χ0) is 19.1. The largest absolute Gasteiger partial charge is 0.463 e. The van der Waals surface area contributed by atoms with Crippen LogP contribution in [0.4, 0.5) is 5.69 Å². The Hall–Kier alpha value is -1.93. The van der Waals surface area contributed by atoms with Gasteiger partial charge in [-0.2, -0.15) is 0 Å². The third-order valence-electron chi connectivity index (χ3n) is 3.95. The van der Waals surface area contributed by atoms with E-state index < -0.39 is 0 Å². The van der Waals surface area contributed by atoms with Crippen LogP contribution < -0.4 is 10.3 Å². The van der Waals surface area contributed by atoms with Crippen LogP contribution >= 0.6 is 51.5 Å². The molecule has 0 atom stereocenters. The van der Waals surface area contributed by atoms with Gasteiger partial charge in [0.2, 0.25) is 0 Å². The minimum Gasteiger partial charge on any atom is -0.463 e. The van der Waals surface area contributed by atoms with Gasteiger partial charge in [-0.25, -0.2) is 0 Å². The van der Waals surface area contributed by atoms with Crippen molar-refractivity contribution in [2.45, 2.75) is 0 Å². The number of nitrogens with zero attached hydrogens (tertiary/aromatic N) is 1. The fourth-order valence-corrected chi connectivity index (χ4v) is 4.36. The molecule has 1 fully saturated rings. The lowest BCUT2D eigenvalue weighted by Gasteiger charge is -2.15. The van der Waals surface area contributed by atoms with Gasteiger partial charge in [0.1, 0.15) is 11.8 Å². The first kappa shape index (κ1) is 18.4. The van der Waals surface area contributed by atoms with Gasteiger partial charge in [-0.15, -0.1) is 0 Å². The predicted molar refractivity (Wildman–Crippen MR) is 117 cm³/mol. The summed E-state index contributed by atoms with van der Waals surface area (Å²) >= 11 is 15.9. The molecular weight excluding hydrogens is 470 g/mol. The monoisotopic (exact) mass is 477 g/mol. The summed E-state index contributed by atoms with van der Waals surface area (Å²) < 4.78 is 6.60. The number of hydrogen-bond acceptors (Lipinski definition) is 5. The van der Waals surface area contributed by atoms with E-state index in [2.05, 4.69) is 15.9 Å². The zero-order valence-corrected chi connectivity index (χ0v) is 17.4. The molecule has 0 saturated carbocycles. The van der Waals surface area contributed by atoms with Gasteiger partial charge in [-0.1, -0.05) is 47.7 Å². The minimum absolute atomic E-state index is 0.200. The van der Waals surface area contributed by atoms with Crippen LogP contribution in [-0.4, -0.2) is 10.2 Å². The summed E-state index contributed by atoms with van der Waals surface area (Å²) in [7, 11) is 0. The van der Waals surface area contributed by atoms with Crippen LogP contribution in [0.5, 0.6) is 0 Å². The number of benzene rings is 2. The summed E-state index contributed by atoms with van der Waals surface area (Å²) in [6.07, 6.45) is 2.87. The van der Waals surface area contributed by atoms with Crippen LogP contribution in [0.2, 0.25) is 5.02 Å². The number of thioether (sulfide) groups is 1. The maximum Gasteiger partial charge on any atom is 0.270 e. The molecule has 0 unspecified atom stereocenters. The van der Waals surface area contributed by atoms with Crippen molar-refractivity contribution in [3.63, 3.8) is 0 Å². The number of anilines is 1. The van der Waals surface area contributed by atoms with Gasteiger partial charge >= 0.3 is 0 Å². The molecule has 4 nitrogen and oxygen atoms in total. The molecule has 1 aliphatic rings. The third kappa shape index (κ3) is 3.36. The molecule has 0 N–H and O–H groups in total. The highest BCUT2D eigenvalue weighted by Gasteiger charge is 2.33. The van der Waals surface area contributed by atoms with E-state index in [9.17, 15) is 9.59 Å². The Bertz CT molecular complexity index is 1210. The first-order chi connectivity index (χ1) is 13.0. The molecular formula is C19H9BrClNO3S2. The highest BCUT2D eigenvalue weighted by atomic mass is 79.9. The van der Waals surface area contributed by atoms with Crippen molar-refractivity contribution in [2.24, 2.45) is 0 Å². The second kappa shape index (κ2) is 7.24. The van der Waals surface area contributed by atoms with E-state index in [-0.39, 0.29) is 11.3 Å². The van der Waals surface area contributed by atoms with Crippen molar-refractivity contribution in [1.82, 2.24) is 0 Å². The Morgan fingerprint density at radius 3 is 2.74 bits per heavy atom. The van der Waals surface area contributed by atoms with Gasteiger partial charge < -0.3 is 4.42 Å². The zero-order valence-electron chi connectivity index (χ0n) is 13.4. The van der Waals surface area contributed by atoms with Crippen LogP contribution in [0.15, 0.2) is 67.3 Å². The van der Waals surface area contributed by atoms with Crippen molar-refractivity contribution in [3.05, 3.63) is 78.9 Å². The van der Waals surface area contributed by atoms with Gasteiger partial charge in [-0.05, 0) is 52.3 Å². The Morgan fingerprint density at radius 1 is 1.19 bits per heavy atom. The Balaban J connectivity index is 1.74. The van der Waals surface area contributed by atoms with Crippen molar-refractivity contribution in [2.75, 3.05) is 4.90 Å². The number of rotatable bonds is 2. The van der Waals surface area contributed by atoms with Crippen LogP contribution in [-0.2, 0) is 4.79 Å². The second-order valence-corrected chi connectivity index (χ2v) is 8.57. The Kier molecular flexibility index (Phi) is 4.94. The number of carbonyl (C=O) groups excluding carboxylic acids is 1. The van der Waals surface area contributed by atoms with E-state index in [1.807, 2.05) is 0 Å². The number of thiocarbonyl (C=S) groups is 1. The fourth-order valence-electron chi connectivity index (χ4n) is 2.65. The standard InChI is InChI=1S/C19H9BrClNO3S2/c20-13-6-5-11(8-14(13)21)22-18(24)16(27-19(22)26)7-10-9-25-15-4-2-1-3-12(15)17(10)23/h1-9H/b16-7-. The van der Waals surface area contributed by atoms with Crippen molar-refractivity contribution < 1.29 is 9.21 Å². The summed E-state index contributed by atoms with van der Waals surface area (Å²) in [5.74, 6) is -0.309. The normalized spacial score (nSPS) is 15.9. The van der Waals surface area contributed by atoms with Gasteiger partial charge in [0.25, 0.3) is 5.91 Å². The molecule has 2 heterocycles. The topological polar surface area (TPSA) is 50.5 Å². The molecule has 8 heteroatoms. The summed E-state index contributed by atoms with van der Waals surface area (Å²) in [4.78, 5) is 27.2. The summed E-state index contributed by atoms with van der Waals surface area (Å²) in [5.41, 5.74) is 1.16. The minimum atomic E-state index is -0.309. The lowest BCUT2D eigenvalue weighted by atomic mass is 10.1. The Morgan fingerprint density at radius 2 is 1.96 bits per heavy atom. The highest BCUT2D eigenvalue weighted by molar-refractivity contribution is 9.10. The molecule has 1 aliphatic heterocycles. The maximum absolute atomic E-state index is 12.9. The molecule has 1 aromatic heterocycles. The maximum atomic E-state index is 12.9. The van der Waals surface area contributed by atoms with Gasteiger partial charge in [0.15, 0.2) is 9.75 Å². The molecule has 27 heavy (non-hydrogen) atoms. The van der Waals surface area contributed by atoms with Crippen molar-refractivity contribution in [3.8, 4) is 0 Å². The van der Waals surface area contributed by atoms with E-state index in [1.54, 1.807) is 42.5 Å². The van der Waals surface area contributed by atoms with Gasteiger partial charge in [-0.3, -0.25) is 14.5 Å². The highest BCUT2D eigenvalue weighted by Crippen LogP contribution is 2.37. The molecule has 0 bridgehead atoms. The molecule has 3 aromatic rings. The SMILES string of the molecule is O=C1/C(=C/c2coc3ccccc3c2=O)SC(=S)N1c1ccc(Br)c(Cl)c1. The van der Waals surface area contributed by atoms with Crippen molar-refractivity contribution in [1.29, 1.82) is 0 Å². The van der Waals surface area contributed by atoms with Crippen LogP contribution in [0.25, 0.3) is 17.0 Å². The van der Waals surface area contributed by atoms with Crippen LogP contribution in [0.1, 0.15) is 5.56 Å². The lowest BCUT2D eigenvalue weighted by molar-refractivity contribution is -0.113. The molecule has 134 valence electrons. The number of amides is 1. The van der Waals surface area contributed by atoms with Gasteiger partial charge in [0, 0.05) is 4.47 Å².